The van der Waals surface area contributed by atoms with E-state index in [-0.39, 0.29) is 11.3 Å². The number of hydrogen-bond acceptors (Lipinski definition) is 3. The highest BCUT2D eigenvalue weighted by molar-refractivity contribution is 6.83. The summed E-state index contributed by atoms with van der Waals surface area (Å²) >= 11 is 0. The zero-order valence-corrected chi connectivity index (χ0v) is 9.72. The highest BCUT2D eigenvalue weighted by Gasteiger charge is 2.20. The SMILES string of the molecule is COc1c(C#C[Si](C)(C)C)c(=O)c1=O. The molecular formula is C10H12O3Si. The molecule has 0 heterocycles. The molecule has 0 aliphatic rings. The molecule has 3 nitrogen and oxygen atoms in total. The summed E-state index contributed by atoms with van der Waals surface area (Å²) in [6.07, 6.45) is 0. The van der Waals surface area contributed by atoms with Gasteiger partial charge in [0.15, 0.2) is 5.75 Å². The molecule has 4 heteroatoms. The summed E-state index contributed by atoms with van der Waals surface area (Å²) in [4.78, 5) is 22.0. The maximum absolute atomic E-state index is 11.1. The van der Waals surface area contributed by atoms with Crippen LogP contribution in [0.2, 0.25) is 19.6 Å². The van der Waals surface area contributed by atoms with Crippen LogP contribution in [0.15, 0.2) is 9.59 Å². The molecule has 0 aliphatic carbocycles. The van der Waals surface area contributed by atoms with E-state index in [1.54, 1.807) is 0 Å². The summed E-state index contributed by atoms with van der Waals surface area (Å²) in [7, 11) is -0.140. The average Bonchev–Trinajstić information content (AvgIpc) is 2.08. The lowest BCUT2D eigenvalue weighted by molar-refractivity contribution is 0.404. The molecule has 0 atom stereocenters. The highest BCUT2D eigenvalue weighted by atomic mass is 28.3. The molecule has 0 saturated carbocycles. The summed E-state index contributed by atoms with van der Waals surface area (Å²) in [6.45, 7) is 6.20. The van der Waals surface area contributed by atoms with Gasteiger partial charge in [-0.1, -0.05) is 25.6 Å². The van der Waals surface area contributed by atoms with Gasteiger partial charge in [-0.2, -0.15) is 0 Å². The minimum Gasteiger partial charge on any atom is -0.491 e. The van der Waals surface area contributed by atoms with E-state index in [1.165, 1.54) is 7.11 Å². The van der Waals surface area contributed by atoms with Gasteiger partial charge in [0.2, 0.25) is 5.43 Å². The van der Waals surface area contributed by atoms with Crippen LogP contribution in [0.4, 0.5) is 0 Å². The van der Waals surface area contributed by atoms with E-state index in [4.69, 9.17) is 4.74 Å². The van der Waals surface area contributed by atoms with Gasteiger partial charge < -0.3 is 4.74 Å². The Balaban J connectivity index is 3.10. The first-order valence-corrected chi connectivity index (χ1v) is 7.77. The molecule has 0 fully saturated rings. The van der Waals surface area contributed by atoms with E-state index in [0.29, 0.717) is 0 Å². The number of rotatable bonds is 1. The van der Waals surface area contributed by atoms with E-state index < -0.39 is 18.9 Å². The van der Waals surface area contributed by atoms with Gasteiger partial charge in [0.1, 0.15) is 13.6 Å². The molecule has 0 spiro atoms. The van der Waals surface area contributed by atoms with Crippen LogP contribution >= 0.6 is 0 Å². The second kappa shape index (κ2) is 3.43. The van der Waals surface area contributed by atoms with Crippen LogP contribution in [0.3, 0.4) is 0 Å². The topological polar surface area (TPSA) is 43.4 Å². The van der Waals surface area contributed by atoms with Gasteiger partial charge in [-0.25, -0.2) is 0 Å². The number of methoxy groups -OCH3 is 1. The van der Waals surface area contributed by atoms with Gasteiger partial charge >= 0.3 is 0 Å². The average molecular weight is 208 g/mol. The maximum Gasteiger partial charge on any atom is 0.270 e. The van der Waals surface area contributed by atoms with Crippen LogP contribution in [0.1, 0.15) is 5.56 Å². The van der Waals surface area contributed by atoms with Gasteiger partial charge in [-0.05, 0) is 0 Å². The lowest BCUT2D eigenvalue weighted by Gasteiger charge is -2.05. The first-order chi connectivity index (χ1) is 6.37. The third kappa shape index (κ3) is 1.94. The minimum atomic E-state index is -1.51. The molecule has 0 unspecified atom stereocenters. The van der Waals surface area contributed by atoms with E-state index in [1.807, 2.05) is 0 Å². The van der Waals surface area contributed by atoms with Crippen LogP contribution in [0, 0.1) is 11.5 Å². The van der Waals surface area contributed by atoms with Gasteiger partial charge in [-0.3, -0.25) is 9.59 Å². The smallest absolute Gasteiger partial charge is 0.270 e. The molecule has 0 N–H and O–H groups in total. The predicted molar refractivity (Wildman–Crippen MR) is 58.1 cm³/mol. The van der Waals surface area contributed by atoms with Crippen LogP contribution in [-0.2, 0) is 0 Å². The maximum atomic E-state index is 11.1. The highest BCUT2D eigenvalue weighted by Crippen LogP contribution is 2.08. The molecule has 0 aromatic heterocycles. The second-order valence-corrected chi connectivity index (χ2v) is 8.82. The van der Waals surface area contributed by atoms with Crippen LogP contribution in [0.5, 0.6) is 5.75 Å². The Labute approximate surface area is 83.4 Å². The van der Waals surface area contributed by atoms with Crippen molar-refractivity contribution in [3.05, 3.63) is 26.0 Å². The fourth-order valence-electron chi connectivity index (χ4n) is 0.929. The van der Waals surface area contributed by atoms with Crippen molar-refractivity contribution in [2.75, 3.05) is 7.11 Å². The normalized spacial score (nSPS) is 10.9. The molecule has 14 heavy (non-hydrogen) atoms. The fourth-order valence-corrected chi connectivity index (χ4v) is 1.43. The van der Waals surface area contributed by atoms with Gasteiger partial charge in [0, 0.05) is 0 Å². The predicted octanol–water partition coefficient (Wildman–Crippen LogP) is 0.520. The van der Waals surface area contributed by atoms with Crippen molar-refractivity contribution in [1.29, 1.82) is 0 Å². The molecule has 0 saturated heterocycles. The van der Waals surface area contributed by atoms with Crippen LogP contribution in [-0.4, -0.2) is 15.2 Å². The quantitative estimate of drug-likeness (QED) is 0.384. The summed E-state index contributed by atoms with van der Waals surface area (Å²) in [5.41, 5.74) is 2.17. The molecule has 74 valence electrons. The summed E-state index contributed by atoms with van der Waals surface area (Å²) in [5.74, 6) is 2.85. The molecule has 0 amide bonds. The Morgan fingerprint density at radius 3 is 2.14 bits per heavy atom. The Morgan fingerprint density at radius 1 is 1.14 bits per heavy atom. The van der Waals surface area contributed by atoms with E-state index in [2.05, 4.69) is 31.1 Å². The fraction of sp³-hybridized carbons (Fsp3) is 0.400. The second-order valence-electron chi connectivity index (χ2n) is 4.07. The Morgan fingerprint density at radius 2 is 1.71 bits per heavy atom. The summed E-state index contributed by atoms with van der Waals surface area (Å²) < 4.78 is 4.77. The number of ether oxygens (including phenoxy) is 1. The Bertz CT molecular complexity index is 476. The molecule has 0 bridgehead atoms. The van der Waals surface area contributed by atoms with Crippen molar-refractivity contribution in [1.82, 2.24) is 0 Å². The van der Waals surface area contributed by atoms with Crippen LogP contribution < -0.4 is 15.6 Å². The largest absolute Gasteiger partial charge is 0.491 e. The van der Waals surface area contributed by atoms with Gasteiger partial charge in [0.05, 0.1) is 7.11 Å². The minimum absolute atomic E-state index is 0.112. The van der Waals surface area contributed by atoms with E-state index in [0.717, 1.165) is 0 Å². The van der Waals surface area contributed by atoms with Crippen molar-refractivity contribution in [3.8, 4) is 17.2 Å². The van der Waals surface area contributed by atoms with E-state index in [9.17, 15) is 9.59 Å². The molecule has 1 rings (SSSR count). The third-order valence-electron chi connectivity index (χ3n) is 1.63. The molecule has 0 radical (unpaired) electrons. The third-order valence-corrected chi connectivity index (χ3v) is 2.51. The molecule has 1 aromatic carbocycles. The standard InChI is InChI=1S/C10H12O3Si/c1-13-10-7(8(11)9(10)12)5-6-14(2,3)4/h1-4H3. The lowest BCUT2D eigenvalue weighted by atomic mass is 10.1. The lowest BCUT2D eigenvalue weighted by Crippen LogP contribution is -2.35. The zero-order chi connectivity index (χ0) is 10.9. The first kappa shape index (κ1) is 10.7. The van der Waals surface area contributed by atoms with Crippen LogP contribution in [0.25, 0.3) is 0 Å². The number of hydrogen-bond donors (Lipinski definition) is 0. The van der Waals surface area contributed by atoms with Crippen molar-refractivity contribution >= 4 is 8.07 Å². The summed E-state index contributed by atoms with van der Waals surface area (Å²) in [5, 5.41) is 0. The summed E-state index contributed by atoms with van der Waals surface area (Å²) in [6, 6.07) is 0. The van der Waals surface area contributed by atoms with Crippen molar-refractivity contribution in [3.63, 3.8) is 0 Å². The van der Waals surface area contributed by atoms with E-state index >= 15 is 0 Å². The van der Waals surface area contributed by atoms with Crippen molar-refractivity contribution in [2.45, 2.75) is 19.6 Å². The van der Waals surface area contributed by atoms with Crippen molar-refractivity contribution < 1.29 is 4.74 Å². The van der Waals surface area contributed by atoms with Crippen molar-refractivity contribution in [2.24, 2.45) is 0 Å². The first-order valence-electron chi connectivity index (χ1n) is 4.27. The molecule has 0 aliphatic heterocycles. The zero-order valence-electron chi connectivity index (χ0n) is 8.72. The molecule has 1 aromatic rings. The Kier molecular flexibility index (Phi) is 2.63. The Hall–Kier alpha value is -1.34. The molecular weight excluding hydrogens is 196 g/mol. The monoisotopic (exact) mass is 208 g/mol. The van der Waals surface area contributed by atoms with Gasteiger partial charge in [0.25, 0.3) is 5.43 Å². The van der Waals surface area contributed by atoms with Gasteiger partial charge in [-0.15, -0.1) is 5.54 Å².